The third-order valence-electron chi connectivity index (χ3n) is 3.47. The molecule has 0 radical (unpaired) electrons. The predicted octanol–water partition coefficient (Wildman–Crippen LogP) is 0.315. The molecule has 0 aromatic rings. The maximum atomic E-state index is 11.5. The number of ether oxygens (including phenoxy) is 5. The molecule has 0 amide bonds. The van der Waals surface area contributed by atoms with E-state index in [4.69, 9.17) is 23.7 Å². The molecule has 1 aliphatic heterocycles. The van der Waals surface area contributed by atoms with Crippen molar-refractivity contribution in [3.63, 3.8) is 0 Å². The van der Waals surface area contributed by atoms with Crippen molar-refractivity contribution < 1.29 is 43.2 Å². The Kier molecular flexibility index (Phi) is 8.81. The molecule has 0 spiro atoms. The fourth-order valence-corrected chi connectivity index (χ4v) is 2.43. The zero-order valence-corrected chi connectivity index (χ0v) is 14.9. The fraction of sp³-hybridized carbons (Fsp3) is 0.812. The van der Waals surface area contributed by atoms with Gasteiger partial charge in [-0.25, -0.2) is 0 Å². The second kappa shape index (κ2) is 10.3. The summed E-state index contributed by atoms with van der Waals surface area (Å²) < 4.78 is 26.3. The average molecular weight is 362 g/mol. The summed E-state index contributed by atoms with van der Waals surface area (Å²) >= 11 is 0. The summed E-state index contributed by atoms with van der Waals surface area (Å²) in [6.07, 6.45) is -4.06. The Hall–Kier alpha value is -1.71. The summed E-state index contributed by atoms with van der Waals surface area (Å²) in [7, 11) is 0. The molecule has 1 rings (SSSR count). The first-order valence-corrected chi connectivity index (χ1v) is 8.19. The highest BCUT2D eigenvalue weighted by Gasteiger charge is 2.50. The van der Waals surface area contributed by atoms with Gasteiger partial charge in [-0.15, -0.1) is 0 Å². The number of unbranched alkanes of at least 4 members (excludes halogenated alkanes) is 1. The molecule has 1 aliphatic rings. The van der Waals surface area contributed by atoms with Crippen molar-refractivity contribution in [2.75, 3.05) is 13.2 Å². The van der Waals surface area contributed by atoms with Gasteiger partial charge in [0.2, 0.25) is 0 Å². The van der Waals surface area contributed by atoms with Crippen LogP contribution in [0.3, 0.4) is 0 Å². The minimum absolute atomic E-state index is 0.274. The summed E-state index contributed by atoms with van der Waals surface area (Å²) in [6, 6.07) is 0. The van der Waals surface area contributed by atoms with E-state index in [1.165, 1.54) is 20.8 Å². The Labute approximate surface area is 146 Å². The largest absolute Gasteiger partial charge is 0.463 e. The molecule has 0 aliphatic carbocycles. The van der Waals surface area contributed by atoms with Crippen molar-refractivity contribution in [2.24, 2.45) is 0 Å². The number of esters is 3. The van der Waals surface area contributed by atoms with Crippen LogP contribution in [0.2, 0.25) is 0 Å². The van der Waals surface area contributed by atoms with E-state index in [0.29, 0.717) is 6.61 Å². The third-order valence-corrected chi connectivity index (χ3v) is 3.47. The second-order valence-corrected chi connectivity index (χ2v) is 5.70. The maximum absolute atomic E-state index is 11.5. The average Bonchev–Trinajstić information content (AvgIpc) is 2.50. The van der Waals surface area contributed by atoms with Gasteiger partial charge in [0.25, 0.3) is 0 Å². The summed E-state index contributed by atoms with van der Waals surface area (Å²) in [5.74, 6) is -1.83. The van der Waals surface area contributed by atoms with Gasteiger partial charge in [-0.1, -0.05) is 13.3 Å². The van der Waals surface area contributed by atoms with Crippen molar-refractivity contribution >= 4 is 17.9 Å². The van der Waals surface area contributed by atoms with E-state index in [1.54, 1.807) is 0 Å². The Morgan fingerprint density at radius 3 is 2.08 bits per heavy atom. The van der Waals surface area contributed by atoms with Gasteiger partial charge in [-0.3, -0.25) is 14.4 Å². The van der Waals surface area contributed by atoms with Crippen LogP contribution in [0.15, 0.2) is 0 Å². The molecule has 1 N–H and O–H groups in total. The number of hydrogen-bond donors (Lipinski definition) is 1. The number of hydrogen-bond acceptors (Lipinski definition) is 9. The first-order chi connectivity index (χ1) is 11.8. The summed E-state index contributed by atoms with van der Waals surface area (Å²) in [5.41, 5.74) is 0. The van der Waals surface area contributed by atoms with E-state index >= 15 is 0 Å². The van der Waals surface area contributed by atoms with Crippen molar-refractivity contribution in [3.05, 3.63) is 0 Å². The van der Waals surface area contributed by atoms with E-state index < -0.39 is 48.6 Å². The molecule has 1 heterocycles. The van der Waals surface area contributed by atoms with Crippen molar-refractivity contribution in [2.45, 2.75) is 71.2 Å². The first-order valence-electron chi connectivity index (χ1n) is 8.19. The van der Waals surface area contributed by atoms with Gasteiger partial charge in [0.15, 0.2) is 18.5 Å². The molecule has 144 valence electrons. The Morgan fingerprint density at radius 2 is 1.56 bits per heavy atom. The van der Waals surface area contributed by atoms with Crippen LogP contribution in [0, 0.1) is 0 Å². The highest BCUT2D eigenvalue weighted by molar-refractivity contribution is 5.67. The molecule has 1 saturated heterocycles. The van der Waals surface area contributed by atoms with Gasteiger partial charge in [0, 0.05) is 27.4 Å². The van der Waals surface area contributed by atoms with E-state index in [1.807, 2.05) is 6.92 Å². The predicted molar refractivity (Wildman–Crippen MR) is 83.3 cm³/mol. The van der Waals surface area contributed by atoms with Crippen LogP contribution in [0.5, 0.6) is 0 Å². The monoisotopic (exact) mass is 362 g/mol. The number of carbonyl (C=O) groups is 3. The third kappa shape index (κ3) is 6.97. The van der Waals surface area contributed by atoms with Gasteiger partial charge in [0.1, 0.15) is 18.8 Å². The lowest BCUT2D eigenvalue weighted by Crippen LogP contribution is -2.62. The lowest BCUT2D eigenvalue weighted by Gasteiger charge is -2.43. The van der Waals surface area contributed by atoms with E-state index in [-0.39, 0.29) is 6.61 Å². The van der Waals surface area contributed by atoms with Crippen LogP contribution in [-0.2, 0) is 38.1 Å². The molecule has 9 heteroatoms. The SMILES string of the molecule is CCCCO[C@H]1[C@@H](OC(C)=O)[C@H](OC(C)=O)[C@@H](COC(C)=O)O[C@@H]1O. The zero-order chi connectivity index (χ0) is 19.0. The molecular formula is C16H26O9. The van der Waals surface area contributed by atoms with Crippen molar-refractivity contribution in [1.82, 2.24) is 0 Å². The van der Waals surface area contributed by atoms with Gasteiger partial charge in [0.05, 0.1) is 0 Å². The highest BCUT2D eigenvalue weighted by Crippen LogP contribution is 2.28. The number of rotatable bonds is 8. The van der Waals surface area contributed by atoms with Gasteiger partial charge >= 0.3 is 17.9 Å². The van der Waals surface area contributed by atoms with Crippen LogP contribution >= 0.6 is 0 Å². The molecule has 9 nitrogen and oxygen atoms in total. The smallest absolute Gasteiger partial charge is 0.303 e. The van der Waals surface area contributed by atoms with Crippen LogP contribution < -0.4 is 0 Å². The topological polar surface area (TPSA) is 118 Å². The molecule has 25 heavy (non-hydrogen) atoms. The molecule has 0 bridgehead atoms. The van der Waals surface area contributed by atoms with Gasteiger partial charge in [-0.05, 0) is 6.42 Å². The maximum Gasteiger partial charge on any atom is 0.303 e. The lowest BCUT2D eigenvalue weighted by atomic mass is 9.98. The molecule has 5 atom stereocenters. The lowest BCUT2D eigenvalue weighted by molar-refractivity contribution is -0.301. The van der Waals surface area contributed by atoms with Crippen LogP contribution in [0.4, 0.5) is 0 Å². The van der Waals surface area contributed by atoms with Gasteiger partial charge < -0.3 is 28.8 Å². The number of carbonyl (C=O) groups excluding carboxylic acids is 3. The normalized spacial score (nSPS) is 28.9. The van der Waals surface area contributed by atoms with Crippen LogP contribution in [0.25, 0.3) is 0 Å². The quantitative estimate of drug-likeness (QED) is 0.370. The summed E-state index contributed by atoms with van der Waals surface area (Å²) in [5, 5.41) is 10.2. The van der Waals surface area contributed by atoms with Crippen molar-refractivity contribution in [3.8, 4) is 0 Å². The molecular weight excluding hydrogens is 336 g/mol. The minimum atomic E-state index is -1.44. The summed E-state index contributed by atoms with van der Waals surface area (Å²) in [6.45, 7) is 5.59. The number of aliphatic hydroxyl groups excluding tert-OH is 1. The highest BCUT2D eigenvalue weighted by atomic mass is 16.7. The second-order valence-electron chi connectivity index (χ2n) is 5.70. The van der Waals surface area contributed by atoms with E-state index in [0.717, 1.165) is 12.8 Å². The Bertz CT molecular complexity index is 465. The fourth-order valence-electron chi connectivity index (χ4n) is 2.43. The van der Waals surface area contributed by atoms with Crippen molar-refractivity contribution in [1.29, 1.82) is 0 Å². The Balaban J connectivity index is 3.01. The van der Waals surface area contributed by atoms with Gasteiger partial charge in [-0.2, -0.15) is 0 Å². The first kappa shape index (κ1) is 21.3. The molecule has 0 aromatic carbocycles. The van der Waals surface area contributed by atoms with Crippen LogP contribution in [-0.4, -0.2) is 66.9 Å². The molecule has 1 fully saturated rings. The minimum Gasteiger partial charge on any atom is -0.463 e. The Morgan fingerprint density at radius 1 is 0.960 bits per heavy atom. The molecule has 0 unspecified atom stereocenters. The molecule has 0 aromatic heterocycles. The van der Waals surface area contributed by atoms with E-state index in [2.05, 4.69) is 0 Å². The standard InChI is InChI=1S/C16H26O9/c1-5-6-7-21-15-14(24-11(4)19)13(23-10(3)18)12(25-16(15)20)8-22-9(2)17/h12-16,20H,5-8H2,1-4H3/t12-,13-,14+,15+,16+/m1/s1. The summed E-state index contributed by atoms with van der Waals surface area (Å²) in [4.78, 5) is 34.0. The van der Waals surface area contributed by atoms with Crippen LogP contribution in [0.1, 0.15) is 40.5 Å². The zero-order valence-electron chi connectivity index (χ0n) is 14.9. The van der Waals surface area contributed by atoms with E-state index in [9.17, 15) is 19.5 Å². The number of aliphatic hydroxyl groups is 1. The molecule has 0 saturated carbocycles.